The Hall–Kier alpha value is -0.790. The normalized spacial score (nSPS) is 13.6. The van der Waals surface area contributed by atoms with Crippen molar-refractivity contribution < 1.29 is 33.3 Å². The number of unbranched alkanes of at least 4 members (excludes halogenated alkanes) is 18. The number of aliphatic hydroxyl groups excluding tert-OH is 2. The van der Waals surface area contributed by atoms with E-state index in [0.29, 0.717) is 19.0 Å². The lowest BCUT2D eigenvalue weighted by Gasteiger charge is -2.20. The van der Waals surface area contributed by atoms with E-state index < -0.39 is 20.8 Å². The Bertz CT molecular complexity index is 658. The summed E-state index contributed by atoms with van der Waals surface area (Å²) in [5.74, 6) is 0.608. The molecule has 0 bridgehead atoms. The standard InChI is InChI=1S/C36H67O7P/c1-3-5-7-9-11-13-15-17-19-24-28-39-30-34(37)32-41-44(43-36-26-22-21-23-27-36)42-33-35(38)31-40-29-25-20-18-16-14-12-10-8-6-4-2/h21-23,26-27,34-35,37-38H,3-20,24-25,28-33H2,1-2H3. The van der Waals surface area contributed by atoms with Crippen molar-refractivity contribution in [1.29, 1.82) is 0 Å². The van der Waals surface area contributed by atoms with Gasteiger partial charge >= 0.3 is 8.60 Å². The Kier molecular flexibility index (Phi) is 30.1. The zero-order valence-corrected chi connectivity index (χ0v) is 29.2. The zero-order chi connectivity index (χ0) is 31.8. The fraction of sp³-hybridized carbons (Fsp3) is 0.833. The summed E-state index contributed by atoms with van der Waals surface area (Å²) in [5, 5.41) is 20.7. The highest BCUT2D eigenvalue weighted by Crippen LogP contribution is 2.40. The van der Waals surface area contributed by atoms with Crippen molar-refractivity contribution in [1.82, 2.24) is 0 Å². The molecule has 7 nitrogen and oxygen atoms in total. The topological polar surface area (TPSA) is 86.6 Å². The molecule has 2 atom stereocenters. The van der Waals surface area contributed by atoms with E-state index in [4.69, 9.17) is 23.0 Å². The van der Waals surface area contributed by atoms with E-state index in [9.17, 15) is 10.2 Å². The van der Waals surface area contributed by atoms with Gasteiger partial charge in [0.05, 0.1) is 26.4 Å². The van der Waals surface area contributed by atoms with Gasteiger partial charge in [-0.25, -0.2) is 0 Å². The number of para-hydroxylation sites is 1. The molecule has 0 saturated heterocycles. The van der Waals surface area contributed by atoms with Crippen molar-refractivity contribution in [3.05, 3.63) is 30.3 Å². The van der Waals surface area contributed by atoms with Crippen molar-refractivity contribution in [2.24, 2.45) is 0 Å². The predicted molar refractivity (Wildman–Crippen MR) is 183 cm³/mol. The minimum absolute atomic E-state index is 0.0297. The number of ether oxygens (including phenoxy) is 2. The van der Waals surface area contributed by atoms with Crippen LogP contribution in [-0.2, 0) is 18.5 Å². The average Bonchev–Trinajstić information content (AvgIpc) is 3.03. The van der Waals surface area contributed by atoms with Crippen molar-refractivity contribution >= 4 is 8.60 Å². The second-order valence-electron chi connectivity index (χ2n) is 12.0. The lowest BCUT2D eigenvalue weighted by atomic mass is 10.1. The third-order valence-corrected chi connectivity index (χ3v) is 8.65. The molecule has 0 spiro atoms. The number of benzene rings is 1. The molecule has 0 aliphatic carbocycles. The van der Waals surface area contributed by atoms with Gasteiger partial charge in [0.25, 0.3) is 0 Å². The van der Waals surface area contributed by atoms with E-state index in [1.807, 2.05) is 30.3 Å². The second-order valence-corrected chi connectivity index (χ2v) is 13.2. The Labute approximate surface area is 271 Å². The highest BCUT2D eigenvalue weighted by Gasteiger charge is 2.20. The predicted octanol–water partition coefficient (Wildman–Crippen LogP) is 9.92. The first-order chi connectivity index (χ1) is 21.7. The van der Waals surface area contributed by atoms with Gasteiger partial charge in [0.2, 0.25) is 0 Å². The molecule has 2 unspecified atom stereocenters. The quantitative estimate of drug-likeness (QED) is 0.0572. The largest absolute Gasteiger partial charge is 0.427 e. The summed E-state index contributed by atoms with van der Waals surface area (Å²) in [4.78, 5) is 0. The molecular formula is C36H67O7P. The molecule has 258 valence electrons. The summed E-state index contributed by atoms with van der Waals surface area (Å²) >= 11 is 0. The lowest BCUT2D eigenvalue weighted by molar-refractivity contribution is -0.00428. The van der Waals surface area contributed by atoms with E-state index in [-0.39, 0.29) is 26.4 Å². The maximum atomic E-state index is 10.4. The van der Waals surface area contributed by atoms with E-state index in [1.54, 1.807) is 0 Å². The third kappa shape index (κ3) is 27.5. The first-order valence-electron chi connectivity index (χ1n) is 18.0. The molecule has 1 rings (SSSR count). The van der Waals surface area contributed by atoms with Crippen LogP contribution in [0.4, 0.5) is 0 Å². The van der Waals surface area contributed by atoms with Gasteiger partial charge in [-0.2, -0.15) is 0 Å². The third-order valence-electron chi connectivity index (χ3n) is 7.57. The molecule has 0 fully saturated rings. The van der Waals surface area contributed by atoms with Crippen molar-refractivity contribution in [2.75, 3.05) is 39.6 Å². The fourth-order valence-corrected chi connectivity index (χ4v) is 5.93. The van der Waals surface area contributed by atoms with Crippen LogP contribution in [0.15, 0.2) is 30.3 Å². The molecule has 0 amide bonds. The van der Waals surface area contributed by atoms with Crippen LogP contribution in [0.2, 0.25) is 0 Å². The Morgan fingerprint density at radius 2 is 0.864 bits per heavy atom. The van der Waals surface area contributed by atoms with Crippen LogP contribution in [-0.4, -0.2) is 62.1 Å². The average molecular weight is 643 g/mol. The first kappa shape index (κ1) is 41.2. The highest BCUT2D eigenvalue weighted by atomic mass is 31.2. The van der Waals surface area contributed by atoms with E-state index in [1.165, 1.54) is 103 Å². The van der Waals surface area contributed by atoms with Crippen LogP contribution in [0.3, 0.4) is 0 Å². The molecule has 44 heavy (non-hydrogen) atoms. The van der Waals surface area contributed by atoms with Gasteiger partial charge < -0.3 is 24.2 Å². The van der Waals surface area contributed by atoms with Crippen LogP contribution in [0, 0.1) is 0 Å². The van der Waals surface area contributed by atoms with Crippen molar-refractivity contribution in [3.8, 4) is 5.75 Å². The van der Waals surface area contributed by atoms with Gasteiger partial charge in [-0.3, -0.25) is 9.05 Å². The van der Waals surface area contributed by atoms with Crippen LogP contribution >= 0.6 is 8.60 Å². The Balaban J connectivity index is 2.13. The maximum absolute atomic E-state index is 10.4. The molecule has 2 N–H and O–H groups in total. The molecule has 0 aliphatic rings. The monoisotopic (exact) mass is 642 g/mol. The summed E-state index contributed by atoms with van der Waals surface area (Å²) in [5.41, 5.74) is 0. The van der Waals surface area contributed by atoms with E-state index in [0.717, 1.165) is 25.7 Å². The number of hydrogen-bond donors (Lipinski definition) is 2. The minimum atomic E-state index is -1.80. The fourth-order valence-electron chi connectivity index (χ4n) is 4.87. The summed E-state index contributed by atoms with van der Waals surface area (Å²) < 4.78 is 28.7. The summed E-state index contributed by atoms with van der Waals surface area (Å²) in [6.07, 6.45) is 24.1. The first-order valence-corrected chi connectivity index (χ1v) is 19.1. The Morgan fingerprint density at radius 3 is 1.25 bits per heavy atom. The number of aliphatic hydroxyl groups is 2. The molecule has 1 aromatic carbocycles. The van der Waals surface area contributed by atoms with Gasteiger partial charge in [-0.05, 0) is 25.0 Å². The van der Waals surface area contributed by atoms with Crippen LogP contribution in [0.1, 0.15) is 142 Å². The molecule has 8 heteroatoms. The summed E-state index contributed by atoms with van der Waals surface area (Å²) in [6.45, 7) is 6.28. The molecule has 0 aliphatic heterocycles. The van der Waals surface area contributed by atoms with Gasteiger partial charge in [-0.15, -0.1) is 0 Å². The molecule has 0 radical (unpaired) electrons. The maximum Gasteiger partial charge on any atom is 0.397 e. The summed E-state index contributed by atoms with van der Waals surface area (Å²) in [6, 6.07) is 9.29. The van der Waals surface area contributed by atoms with Crippen LogP contribution < -0.4 is 4.52 Å². The molecule has 0 aromatic heterocycles. The number of hydrogen-bond acceptors (Lipinski definition) is 7. The van der Waals surface area contributed by atoms with Gasteiger partial charge in [0.15, 0.2) is 0 Å². The Morgan fingerprint density at radius 1 is 0.500 bits per heavy atom. The number of rotatable bonds is 34. The minimum Gasteiger partial charge on any atom is -0.427 e. The lowest BCUT2D eigenvalue weighted by Crippen LogP contribution is -2.24. The highest BCUT2D eigenvalue weighted by molar-refractivity contribution is 7.42. The molecule has 1 aromatic rings. The van der Waals surface area contributed by atoms with Crippen LogP contribution in [0.5, 0.6) is 5.75 Å². The van der Waals surface area contributed by atoms with Crippen molar-refractivity contribution in [2.45, 2.75) is 154 Å². The second kappa shape index (κ2) is 32.2. The van der Waals surface area contributed by atoms with E-state index in [2.05, 4.69) is 13.8 Å². The molecule has 0 saturated carbocycles. The molecular weight excluding hydrogens is 575 g/mol. The van der Waals surface area contributed by atoms with Gasteiger partial charge in [0.1, 0.15) is 18.0 Å². The molecule has 0 heterocycles. The van der Waals surface area contributed by atoms with Gasteiger partial charge in [0, 0.05) is 13.2 Å². The summed E-state index contributed by atoms with van der Waals surface area (Å²) in [7, 11) is -1.80. The zero-order valence-electron chi connectivity index (χ0n) is 28.3. The van der Waals surface area contributed by atoms with Crippen molar-refractivity contribution in [3.63, 3.8) is 0 Å². The van der Waals surface area contributed by atoms with E-state index >= 15 is 0 Å². The SMILES string of the molecule is CCCCCCCCCCCCOCC(O)COP(OCC(O)COCCCCCCCCCCCC)Oc1ccccc1. The van der Waals surface area contributed by atoms with Crippen LogP contribution in [0.25, 0.3) is 0 Å². The smallest absolute Gasteiger partial charge is 0.397 e. The van der Waals surface area contributed by atoms with Gasteiger partial charge in [-0.1, -0.05) is 148 Å².